The van der Waals surface area contributed by atoms with Gasteiger partial charge in [0.2, 0.25) is 0 Å². The van der Waals surface area contributed by atoms with Crippen molar-refractivity contribution in [3.63, 3.8) is 0 Å². The Hall–Kier alpha value is -1.68. The number of benzene rings is 1. The molecule has 4 heteroatoms. The monoisotopic (exact) mass is 261 g/mol. The molecule has 104 valence electrons. The van der Waals surface area contributed by atoms with Gasteiger partial charge in [-0.25, -0.2) is 9.67 Å². The van der Waals surface area contributed by atoms with E-state index >= 15 is 0 Å². The van der Waals surface area contributed by atoms with Gasteiger partial charge in [0, 0.05) is 5.56 Å². The van der Waals surface area contributed by atoms with Gasteiger partial charge in [-0.15, -0.1) is 0 Å². The fourth-order valence-corrected chi connectivity index (χ4v) is 1.60. The Balaban J connectivity index is 0.000000861. The largest absolute Gasteiger partial charge is 0.389 e. The van der Waals surface area contributed by atoms with Crippen molar-refractivity contribution in [2.24, 2.45) is 0 Å². The van der Waals surface area contributed by atoms with E-state index in [2.05, 4.69) is 10.1 Å². The molecule has 0 atom stereocenters. The number of hydrogen-bond donors (Lipinski definition) is 1. The minimum absolute atomic E-state index is 0.436. The van der Waals surface area contributed by atoms with Crippen molar-refractivity contribution >= 4 is 0 Å². The fraction of sp³-hybridized carbons (Fsp3) is 0.467. The number of aryl methyl sites for hydroxylation is 1. The molecule has 0 saturated heterocycles. The lowest BCUT2D eigenvalue weighted by Crippen LogP contribution is -2.26. The summed E-state index contributed by atoms with van der Waals surface area (Å²) in [5.74, 6) is 0.689. The van der Waals surface area contributed by atoms with Crippen molar-refractivity contribution in [1.29, 1.82) is 0 Å². The normalized spacial score (nSPS) is 10.8. The molecule has 1 aromatic heterocycles. The highest BCUT2D eigenvalue weighted by atomic mass is 16.3. The van der Waals surface area contributed by atoms with Gasteiger partial charge >= 0.3 is 0 Å². The fourth-order valence-electron chi connectivity index (χ4n) is 1.60. The van der Waals surface area contributed by atoms with Gasteiger partial charge in [-0.3, -0.25) is 0 Å². The molecule has 0 aliphatic rings. The van der Waals surface area contributed by atoms with E-state index in [0.717, 1.165) is 5.56 Å². The van der Waals surface area contributed by atoms with Crippen molar-refractivity contribution in [1.82, 2.24) is 14.8 Å². The third-order valence-electron chi connectivity index (χ3n) is 2.40. The topological polar surface area (TPSA) is 50.9 Å². The second-order valence-corrected chi connectivity index (χ2v) is 4.94. The van der Waals surface area contributed by atoms with Crippen molar-refractivity contribution < 1.29 is 5.11 Å². The first kappa shape index (κ1) is 15.4. The molecule has 0 spiro atoms. The van der Waals surface area contributed by atoms with Crippen molar-refractivity contribution in [2.75, 3.05) is 0 Å². The van der Waals surface area contributed by atoms with E-state index in [1.807, 2.05) is 45.0 Å². The minimum Gasteiger partial charge on any atom is -0.389 e. The predicted octanol–water partition coefficient (Wildman–Crippen LogP) is 3.05. The van der Waals surface area contributed by atoms with Crippen LogP contribution in [0.4, 0.5) is 0 Å². The Morgan fingerprint density at radius 2 is 1.74 bits per heavy atom. The predicted molar refractivity (Wildman–Crippen MR) is 77.8 cm³/mol. The first-order valence-corrected chi connectivity index (χ1v) is 6.63. The standard InChI is InChI=1S/C13H17N3O.C2H6/c1-10-4-6-11(7-5-10)12-14-9-16(15-12)8-13(2,3)17;1-2/h4-7,9,17H,8H2,1-3H3;1-2H3. The molecule has 2 aromatic rings. The molecule has 0 saturated carbocycles. The van der Waals surface area contributed by atoms with Crippen LogP contribution in [0.3, 0.4) is 0 Å². The molecule has 1 N–H and O–H groups in total. The van der Waals surface area contributed by atoms with Crippen LogP contribution >= 0.6 is 0 Å². The molecule has 0 bridgehead atoms. The van der Waals surface area contributed by atoms with Crippen LogP contribution in [-0.4, -0.2) is 25.5 Å². The van der Waals surface area contributed by atoms with Gasteiger partial charge in [-0.1, -0.05) is 43.7 Å². The molecule has 1 aromatic carbocycles. The Bertz CT molecular complexity index is 495. The van der Waals surface area contributed by atoms with Crippen LogP contribution in [-0.2, 0) is 6.54 Å². The summed E-state index contributed by atoms with van der Waals surface area (Å²) in [6.07, 6.45) is 1.65. The number of aliphatic hydroxyl groups is 1. The van der Waals surface area contributed by atoms with Gasteiger partial charge in [0.15, 0.2) is 5.82 Å². The molecule has 0 unspecified atom stereocenters. The van der Waals surface area contributed by atoms with Crippen LogP contribution in [0.15, 0.2) is 30.6 Å². The average molecular weight is 261 g/mol. The maximum absolute atomic E-state index is 9.70. The minimum atomic E-state index is -0.780. The number of aromatic nitrogens is 3. The van der Waals surface area contributed by atoms with Gasteiger partial charge in [-0.05, 0) is 20.8 Å². The van der Waals surface area contributed by atoms with Crippen LogP contribution in [0.5, 0.6) is 0 Å². The van der Waals surface area contributed by atoms with Crippen LogP contribution in [0.1, 0.15) is 33.3 Å². The summed E-state index contributed by atoms with van der Waals surface area (Å²) in [7, 11) is 0. The van der Waals surface area contributed by atoms with Gasteiger partial charge in [-0.2, -0.15) is 5.10 Å². The lowest BCUT2D eigenvalue weighted by molar-refractivity contribution is 0.0577. The van der Waals surface area contributed by atoms with E-state index in [1.54, 1.807) is 24.9 Å². The average Bonchev–Trinajstić information content (AvgIpc) is 2.78. The van der Waals surface area contributed by atoms with Crippen molar-refractivity contribution in [3.05, 3.63) is 36.2 Å². The van der Waals surface area contributed by atoms with E-state index in [9.17, 15) is 5.11 Å². The lowest BCUT2D eigenvalue weighted by atomic mass is 10.1. The highest BCUT2D eigenvalue weighted by Gasteiger charge is 2.14. The van der Waals surface area contributed by atoms with Crippen LogP contribution in [0.2, 0.25) is 0 Å². The zero-order valence-corrected chi connectivity index (χ0v) is 12.4. The van der Waals surface area contributed by atoms with E-state index < -0.39 is 5.60 Å². The SMILES string of the molecule is CC.Cc1ccc(-c2ncn(CC(C)(C)O)n2)cc1. The molecule has 0 radical (unpaired) electrons. The number of hydrogen-bond acceptors (Lipinski definition) is 3. The molecule has 0 aliphatic carbocycles. The molecular formula is C15H23N3O. The molecule has 4 nitrogen and oxygen atoms in total. The number of nitrogens with zero attached hydrogens (tertiary/aromatic N) is 3. The van der Waals surface area contributed by atoms with Gasteiger partial charge in [0.1, 0.15) is 6.33 Å². The first-order chi connectivity index (χ1) is 8.94. The van der Waals surface area contributed by atoms with E-state index in [0.29, 0.717) is 12.4 Å². The molecular weight excluding hydrogens is 238 g/mol. The van der Waals surface area contributed by atoms with Gasteiger partial charge < -0.3 is 5.11 Å². The van der Waals surface area contributed by atoms with E-state index in [1.165, 1.54) is 5.56 Å². The summed E-state index contributed by atoms with van der Waals surface area (Å²) in [5.41, 5.74) is 1.42. The molecule has 19 heavy (non-hydrogen) atoms. The summed E-state index contributed by atoms with van der Waals surface area (Å²) in [6.45, 7) is 9.98. The van der Waals surface area contributed by atoms with Gasteiger partial charge in [0.05, 0.1) is 12.1 Å². The zero-order chi connectivity index (χ0) is 14.5. The first-order valence-electron chi connectivity index (χ1n) is 6.63. The van der Waals surface area contributed by atoms with E-state index in [4.69, 9.17) is 0 Å². The maximum atomic E-state index is 9.70. The Morgan fingerprint density at radius 3 is 2.26 bits per heavy atom. The quantitative estimate of drug-likeness (QED) is 0.924. The summed E-state index contributed by atoms with van der Waals surface area (Å²) < 4.78 is 1.66. The third-order valence-corrected chi connectivity index (χ3v) is 2.40. The zero-order valence-electron chi connectivity index (χ0n) is 12.4. The van der Waals surface area contributed by atoms with Crippen LogP contribution in [0.25, 0.3) is 11.4 Å². The molecule has 0 fully saturated rings. The molecule has 2 rings (SSSR count). The Labute approximate surface area is 115 Å². The summed E-state index contributed by atoms with van der Waals surface area (Å²) in [6, 6.07) is 8.07. The summed E-state index contributed by atoms with van der Waals surface area (Å²) in [5, 5.41) is 14.0. The Morgan fingerprint density at radius 1 is 1.16 bits per heavy atom. The molecule has 0 aliphatic heterocycles. The molecule has 1 heterocycles. The lowest BCUT2D eigenvalue weighted by Gasteiger charge is -2.15. The van der Waals surface area contributed by atoms with Crippen molar-refractivity contribution in [3.8, 4) is 11.4 Å². The van der Waals surface area contributed by atoms with Crippen LogP contribution in [0, 0.1) is 6.92 Å². The number of rotatable bonds is 3. The van der Waals surface area contributed by atoms with E-state index in [-0.39, 0.29) is 0 Å². The maximum Gasteiger partial charge on any atom is 0.181 e. The summed E-state index contributed by atoms with van der Waals surface area (Å²) >= 11 is 0. The summed E-state index contributed by atoms with van der Waals surface area (Å²) in [4.78, 5) is 4.24. The smallest absolute Gasteiger partial charge is 0.181 e. The van der Waals surface area contributed by atoms with Crippen LogP contribution < -0.4 is 0 Å². The molecule has 0 amide bonds. The van der Waals surface area contributed by atoms with Crippen molar-refractivity contribution in [2.45, 2.75) is 46.8 Å². The highest BCUT2D eigenvalue weighted by Crippen LogP contribution is 2.15. The Kier molecular flexibility index (Phi) is 5.24. The second-order valence-electron chi connectivity index (χ2n) is 4.94. The third kappa shape index (κ3) is 4.83. The van der Waals surface area contributed by atoms with Gasteiger partial charge in [0.25, 0.3) is 0 Å². The highest BCUT2D eigenvalue weighted by molar-refractivity contribution is 5.54. The second kappa shape index (κ2) is 6.48.